The van der Waals surface area contributed by atoms with E-state index in [9.17, 15) is 9.59 Å². The molecule has 0 bridgehead atoms. The summed E-state index contributed by atoms with van der Waals surface area (Å²) in [5.74, 6) is -1.08. The Labute approximate surface area is 162 Å². The number of nitrogens with zero attached hydrogens (tertiary/aromatic N) is 5. The average molecular weight is 381 g/mol. The van der Waals surface area contributed by atoms with Crippen molar-refractivity contribution >= 4 is 11.9 Å². The highest BCUT2D eigenvalue weighted by Crippen LogP contribution is 2.20. The highest BCUT2D eigenvalue weighted by Gasteiger charge is 2.22. The van der Waals surface area contributed by atoms with E-state index < -0.39 is 18.5 Å². The molecule has 1 aromatic heterocycles. The normalized spacial score (nSPS) is 9.82. The Morgan fingerprint density at radius 2 is 1.79 bits per heavy atom. The van der Waals surface area contributed by atoms with Gasteiger partial charge in [0.25, 0.3) is 5.91 Å². The van der Waals surface area contributed by atoms with Gasteiger partial charge in [-0.25, -0.2) is 9.48 Å². The minimum atomic E-state index is -0.805. The van der Waals surface area contributed by atoms with Crippen molar-refractivity contribution in [2.24, 2.45) is 0 Å². The van der Waals surface area contributed by atoms with E-state index >= 15 is 0 Å². The zero-order valence-corrected chi connectivity index (χ0v) is 15.4. The van der Waals surface area contributed by atoms with Crippen LogP contribution in [0.3, 0.4) is 0 Å². The summed E-state index contributed by atoms with van der Waals surface area (Å²) in [6.07, 6.45) is 1.79. The Morgan fingerprint density at radius 1 is 1.14 bits per heavy atom. The monoisotopic (exact) mass is 381 g/mol. The predicted molar refractivity (Wildman–Crippen MR) is 97.4 cm³/mol. The van der Waals surface area contributed by atoms with Crippen molar-refractivity contribution in [2.45, 2.75) is 12.8 Å². The van der Waals surface area contributed by atoms with E-state index in [1.807, 2.05) is 42.5 Å². The molecule has 144 valence electrons. The molecule has 1 heterocycles. The fraction of sp³-hybridized carbons (Fsp3) is 0.316. The predicted octanol–water partition coefficient (Wildman–Crippen LogP) is 1.69. The summed E-state index contributed by atoms with van der Waals surface area (Å²) in [5, 5.41) is 21.5. The van der Waals surface area contributed by atoms with E-state index in [0.29, 0.717) is 0 Å². The van der Waals surface area contributed by atoms with Crippen LogP contribution < -0.4 is 4.74 Å². The maximum Gasteiger partial charge on any atom is 0.363 e. The van der Waals surface area contributed by atoms with E-state index in [1.54, 1.807) is 6.20 Å². The van der Waals surface area contributed by atoms with Gasteiger partial charge in [-0.1, -0.05) is 18.2 Å². The second-order valence-corrected chi connectivity index (χ2v) is 5.60. The van der Waals surface area contributed by atoms with Crippen molar-refractivity contribution in [1.29, 1.82) is 10.5 Å². The lowest BCUT2D eigenvalue weighted by atomic mass is 10.3. The molecule has 0 saturated carbocycles. The molecule has 0 unspecified atom stereocenters. The lowest BCUT2D eigenvalue weighted by Crippen LogP contribution is -2.36. The number of carbonyl (C=O) groups is 2. The van der Waals surface area contributed by atoms with E-state index in [4.69, 9.17) is 20.0 Å². The molecule has 9 nitrogen and oxygen atoms in total. The Hall–Kier alpha value is -3.85. The number of hydrogen-bond acceptors (Lipinski definition) is 7. The van der Waals surface area contributed by atoms with Crippen LogP contribution in [-0.4, -0.2) is 53.4 Å². The number of amides is 1. The van der Waals surface area contributed by atoms with Gasteiger partial charge in [-0.15, -0.1) is 0 Å². The molecule has 0 radical (unpaired) electrons. The number of hydrogen-bond donors (Lipinski definition) is 0. The molecule has 9 heteroatoms. The number of ether oxygens (including phenoxy) is 2. The third kappa shape index (κ3) is 5.32. The van der Waals surface area contributed by atoms with Crippen molar-refractivity contribution in [3.8, 4) is 23.6 Å². The number of nitriles is 2. The lowest BCUT2D eigenvalue weighted by Gasteiger charge is -2.19. The molecule has 0 atom stereocenters. The first-order valence-electron chi connectivity index (χ1n) is 8.48. The second-order valence-electron chi connectivity index (χ2n) is 5.60. The second kappa shape index (κ2) is 10.3. The standard InChI is InChI=1S/C19H19N5O4/c1-27-16-13-24(15-7-3-2-4-8-15)22-18(16)19(26)28-14-17(25)23(11-5-9-20)12-6-10-21/h2-4,7-8,13H,5-6,11-12,14H2,1H3. The molecule has 0 fully saturated rings. The molecular formula is C19H19N5O4. The van der Waals surface area contributed by atoms with E-state index in [2.05, 4.69) is 5.10 Å². The van der Waals surface area contributed by atoms with Crippen molar-refractivity contribution in [3.05, 3.63) is 42.2 Å². The summed E-state index contributed by atoms with van der Waals surface area (Å²) in [7, 11) is 1.40. The van der Waals surface area contributed by atoms with Crippen molar-refractivity contribution in [1.82, 2.24) is 14.7 Å². The molecule has 2 aromatic rings. The molecule has 0 aliphatic heterocycles. The molecule has 2 rings (SSSR count). The van der Waals surface area contributed by atoms with Gasteiger partial charge in [0.05, 0.1) is 44.0 Å². The smallest absolute Gasteiger partial charge is 0.363 e. The fourth-order valence-electron chi connectivity index (χ4n) is 2.38. The molecule has 0 aliphatic carbocycles. The van der Waals surface area contributed by atoms with Crippen LogP contribution in [0, 0.1) is 22.7 Å². The van der Waals surface area contributed by atoms with Crippen LogP contribution in [0.2, 0.25) is 0 Å². The van der Waals surface area contributed by atoms with Crippen LogP contribution in [0.25, 0.3) is 5.69 Å². The molecule has 0 saturated heterocycles. The number of methoxy groups -OCH3 is 1. The van der Waals surface area contributed by atoms with Crippen LogP contribution >= 0.6 is 0 Å². The van der Waals surface area contributed by atoms with Gasteiger partial charge in [0.1, 0.15) is 0 Å². The van der Waals surface area contributed by atoms with Gasteiger partial charge in [-0.3, -0.25) is 4.79 Å². The van der Waals surface area contributed by atoms with Gasteiger partial charge in [0.15, 0.2) is 12.4 Å². The zero-order chi connectivity index (χ0) is 20.4. The Kier molecular flexibility index (Phi) is 7.55. The highest BCUT2D eigenvalue weighted by atomic mass is 16.5. The summed E-state index contributed by atoms with van der Waals surface area (Å²) in [5.41, 5.74) is 0.676. The summed E-state index contributed by atoms with van der Waals surface area (Å²) in [4.78, 5) is 25.9. The lowest BCUT2D eigenvalue weighted by molar-refractivity contribution is -0.134. The first-order valence-corrected chi connectivity index (χ1v) is 8.48. The van der Waals surface area contributed by atoms with Crippen molar-refractivity contribution < 1.29 is 19.1 Å². The van der Waals surface area contributed by atoms with Crippen LogP contribution in [0.4, 0.5) is 0 Å². The van der Waals surface area contributed by atoms with Gasteiger partial charge < -0.3 is 14.4 Å². The first-order chi connectivity index (χ1) is 13.6. The van der Waals surface area contributed by atoms with Crippen LogP contribution in [-0.2, 0) is 9.53 Å². The average Bonchev–Trinajstić information content (AvgIpc) is 3.17. The van der Waals surface area contributed by atoms with Crippen LogP contribution in [0.5, 0.6) is 5.75 Å². The number of aromatic nitrogens is 2. The number of benzene rings is 1. The number of rotatable bonds is 9. The fourth-order valence-corrected chi connectivity index (χ4v) is 2.38. The minimum absolute atomic E-state index is 0.0558. The largest absolute Gasteiger partial charge is 0.493 e. The highest BCUT2D eigenvalue weighted by molar-refractivity contribution is 5.92. The van der Waals surface area contributed by atoms with Crippen LogP contribution in [0.15, 0.2) is 36.5 Å². The van der Waals surface area contributed by atoms with E-state index in [1.165, 1.54) is 16.7 Å². The summed E-state index contributed by atoms with van der Waals surface area (Å²) in [6.45, 7) is -0.182. The molecule has 1 aromatic carbocycles. The SMILES string of the molecule is COc1cn(-c2ccccc2)nc1C(=O)OCC(=O)N(CCC#N)CCC#N. The third-order valence-corrected chi connectivity index (χ3v) is 3.78. The topological polar surface area (TPSA) is 121 Å². The third-order valence-electron chi connectivity index (χ3n) is 3.78. The summed E-state index contributed by atoms with van der Waals surface area (Å²) >= 11 is 0. The Balaban J connectivity index is 2.06. The van der Waals surface area contributed by atoms with Gasteiger partial charge in [-0.05, 0) is 12.1 Å². The summed E-state index contributed by atoms with van der Waals surface area (Å²) in [6, 6.07) is 13.0. The van der Waals surface area contributed by atoms with Gasteiger partial charge >= 0.3 is 5.97 Å². The maximum atomic E-state index is 12.4. The Bertz CT molecular complexity index is 877. The van der Waals surface area contributed by atoms with Crippen molar-refractivity contribution in [2.75, 3.05) is 26.8 Å². The first kappa shape index (κ1) is 20.5. The van der Waals surface area contributed by atoms with E-state index in [0.717, 1.165) is 5.69 Å². The quantitative estimate of drug-likeness (QED) is 0.606. The molecule has 0 N–H and O–H groups in total. The molecule has 28 heavy (non-hydrogen) atoms. The number of carbonyl (C=O) groups excluding carboxylic acids is 2. The number of esters is 1. The summed E-state index contributed by atoms with van der Waals surface area (Å²) < 4.78 is 11.7. The van der Waals surface area contributed by atoms with Gasteiger partial charge in [0.2, 0.25) is 5.69 Å². The van der Waals surface area contributed by atoms with E-state index in [-0.39, 0.29) is 37.4 Å². The minimum Gasteiger partial charge on any atom is -0.493 e. The Morgan fingerprint density at radius 3 is 2.36 bits per heavy atom. The zero-order valence-electron chi connectivity index (χ0n) is 15.4. The number of para-hydroxylation sites is 1. The van der Waals surface area contributed by atoms with Gasteiger partial charge in [-0.2, -0.15) is 15.6 Å². The van der Waals surface area contributed by atoms with Crippen LogP contribution in [0.1, 0.15) is 23.3 Å². The molecular weight excluding hydrogens is 362 g/mol. The molecule has 0 aliphatic rings. The molecule has 0 spiro atoms. The van der Waals surface area contributed by atoms with Gasteiger partial charge in [0, 0.05) is 13.1 Å². The maximum absolute atomic E-state index is 12.4. The molecule has 1 amide bonds. The van der Waals surface area contributed by atoms with Crippen molar-refractivity contribution in [3.63, 3.8) is 0 Å².